The van der Waals surface area contributed by atoms with E-state index in [4.69, 9.17) is 4.74 Å². The van der Waals surface area contributed by atoms with Crippen LogP contribution in [0.5, 0.6) is 5.75 Å². The second-order valence-corrected chi connectivity index (χ2v) is 5.55. The highest BCUT2D eigenvalue weighted by Crippen LogP contribution is 2.24. The van der Waals surface area contributed by atoms with Gasteiger partial charge in [0.15, 0.2) is 0 Å². The average Bonchev–Trinajstić information content (AvgIpc) is 2.49. The zero-order chi connectivity index (χ0) is 15.2. The molecule has 0 radical (unpaired) electrons. The van der Waals surface area contributed by atoms with Crippen LogP contribution in [0.15, 0.2) is 24.3 Å². The highest BCUT2D eigenvalue weighted by molar-refractivity contribution is 5.78. The predicted molar refractivity (Wildman–Crippen MR) is 83.5 cm³/mol. The van der Waals surface area contributed by atoms with Crippen LogP contribution in [-0.4, -0.2) is 50.1 Å². The van der Waals surface area contributed by atoms with E-state index in [1.54, 1.807) is 7.11 Å². The Bertz CT molecular complexity index is 478. The summed E-state index contributed by atoms with van der Waals surface area (Å²) in [6.07, 6.45) is 0. The van der Waals surface area contributed by atoms with Gasteiger partial charge < -0.3 is 15.4 Å². The molecule has 0 saturated carbocycles. The fourth-order valence-electron chi connectivity index (χ4n) is 2.69. The Balaban J connectivity index is 1.92. The minimum absolute atomic E-state index is 0.0576. The molecule has 1 aliphatic rings. The Morgan fingerprint density at radius 2 is 2.29 bits per heavy atom. The van der Waals surface area contributed by atoms with Crippen LogP contribution in [0.25, 0.3) is 0 Å². The minimum atomic E-state index is -0.0631. The van der Waals surface area contributed by atoms with Crippen molar-refractivity contribution in [2.45, 2.75) is 25.9 Å². The molecular weight excluding hydrogens is 266 g/mol. The summed E-state index contributed by atoms with van der Waals surface area (Å²) in [4.78, 5) is 14.4. The molecule has 116 valence electrons. The van der Waals surface area contributed by atoms with Crippen molar-refractivity contribution in [1.29, 1.82) is 0 Å². The number of carbonyl (C=O) groups excluding carboxylic acids is 1. The van der Waals surface area contributed by atoms with Crippen molar-refractivity contribution in [3.8, 4) is 5.75 Å². The van der Waals surface area contributed by atoms with Crippen LogP contribution in [-0.2, 0) is 4.79 Å². The molecule has 0 aliphatic carbocycles. The molecule has 2 N–H and O–H groups in total. The third-order valence-corrected chi connectivity index (χ3v) is 3.97. The normalized spacial score (nSPS) is 20.8. The number of para-hydroxylation sites is 1. The molecule has 5 nitrogen and oxygen atoms in total. The van der Waals surface area contributed by atoms with Gasteiger partial charge in [-0.25, -0.2) is 0 Å². The topological polar surface area (TPSA) is 53.6 Å². The van der Waals surface area contributed by atoms with Gasteiger partial charge in [0.25, 0.3) is 0 Å². The van der Waals surface area contributed by atoms with Gasteiger partial charge in [-0.05, 0) is 19.9 Å². The first-order valence-corrected chi connectivity index (χ1v) is 7.49. The number of rotatable bonds is 5. The monoisotopic (exact) mass is 291 g/mol. The molecule has 2 atom stereocenters. The van der Waals surface area contributed by atoms with Gasteiger partial charge in [-0.15, -0.1) is 0 Å². The molecule has 0 aromatic heterocycles. The SMILES string of the molecule is COc1ccccc1C(C)NC(=O)CN1CCNC[C@H]1C. The molecule has 1 aromatic carbocycles. The van der Waals surface area contributed by atoms with Gasteiger partial charge in [0, 0.05) is 31.2 Å². The first-order chi connectivity index (χ1) is 10.1. The fraction of sp³-hybridized carbons (Fsp3) is 0.562. The van der Waals surface area contributed by atoms with E-state index in [-0.39, 0.29) is 11.9 Å². The molecule has 1 heterocycles. The molecule has 0 spiro atoms. The lowest BCUT2D eigenvalue weighted by molar-refractivity contribution is -0.123. The molecule has 1 aromatic rings. The summed E-state index contributed by atoms with van der Waals surface area (Å²) in [5.41, 5.74) is 1.00. The highest BCUT2D eigenvalue weighted by Gasteiger charge is 2.21. The third kappa shape index (κ3) is 4.19. The third-order valence-electron chi connectivity index (χ3n) is 3.97. The Hall–Kier alpha value is -1.59. The van der Waals surface area contributed by atoms with Gasteiger partial charge in [0.1, 0.15) is 5.75 Å². The first-order valence-electron chi connectivity index (χ1n) is 7.49. The molecule has 0 bridgehead atoms. The standard InChI is InChI=1S/C16H25N3O2/c1-12-10-17-8-9-19(12)11-16(20)18-13(2)14-6-4-5-7-15(14)21-3/h4-7,12-13,17H,8-11H2,1-3H3,(H,18,20)/t12-,13?/m1/s1. The second-order valence-electron chi connectivity index (χ2n) is 5.55. The van der Waals surface area contributed by atoms with Crippen molar-refractivity contribution in [3.05, 3.63) is 29.8 Å². The van der Waals surface area contributed by atoms with Crippen LogP contribution in [0.4, 0.5) is 0 Å². The largest absolute Gasteiger partial charge is 0.496 e. The van der Waals surface area contributed by atoms with E-state index in [9.17, 15) is 4.79 Å². The van der Waals surface area contributed by atoms with Gasteiger partial charge in [0.05, 0.1) is 19.7 Å². The molecular formula is C16H25N3O2. The molecule has 5 heteroatoms. The molecule has 1 amide bonds. The van der Waals surface area contributed by atoms with E-state index in [0.717, 1.165) is 30.9 Å². The summed E-state index contributed by atoms with van der Waals surface area (Å²) in [7, 11) is 1.65. The number of amides is 1. The number of piperazine rings is 1. The van der Waals surface area contributed by atoms with E-state index in [1.165, 1.54) is 0 Å². The number of hydrogen-bond acceptors (Lipinski definition) is 4. The number of nitrogens with one attached hydrogen (secondary N) is 2. The smallest absolute Gasteiger partial charge is 0.234 e. The maximum absolute atomic E-state index is 12.2. The number of ether oxygens (including phenoxy) is 1. The Morgan fingerprint density at radius 3 is 3.00 bits per heavy atom. The quantitative estimate of drug-likeness (QED) is 0.855. The van der Waals surface area contributed by atoms with Crippen LogP contribution in [0.3, 0.4) is 0 Å². The first kappa shape index (κ1) is 15.8. The molecule has 1 saturated heterocycles. The number of methoxy groups -OCH3 is 1. The van der Waals surface area contributed by atoms with Crippen LogP contribution in [0.1, 0.15) is 25.5 Å². The van der Waals surface area contributed by atoms with Crippen LogP contribution >= 0.6 is 0 Å². The van der Waals surface area contributed by atoms with Crippen LogP contribution in [0.2, 0.25) is 0 Å². The lowest BCUT2D eigenvalue weighted by Gasteiger charge is -2.33. The van der Waals surface area contributed by atoms with Gasteiger partial charge >= 0.3 is 0 Å². The lowest BCUT2D eigenvalue weighted by atomic mass is 10.1. The summed E-state index contributed by atoms with van der Waals surface area (Å²) in [6.45, 7) is 7.37. The summed E-state index contributed by atoms with van der Waals surface area (Å²) in [5, 5.41) is 6.39. The Labute approximate surface area is 126 Å². The van der Waals surface area contributed by atoms with E-state index < -0.39 is 0 Å². The van der Waals surface area contributed by atoms with Crippen molar-refractivity contribution < 1.29 is 9.53 Å². The van der Waals surface area contributed by atoms with Gasteiger partial charge in [0.2, 0.25) is 5.91 Å². The second kappa shape index (κ2) is 7.43. The van der Waals surface area contributed by atoms with E-state index in [1.807, 2.05) is 31.2 Å². The number of benzene rings is 1. The van der Waals surface area contributed by atoms with Crippen molar-refractivity contribution in [2.24, 2.45) is 0 Å². The molecule has 2 rings (SSSR count). The predicted octanol–water partition coefficient (Wildman–Crippen LogP) is 1.17. The zero-order valence-electron chi connectivity index (χ0n) is 13.1. The van der Waals surface area contributed by atoms with Crippen molar-refractivity contribution in [1.82, 2.24) is 15.5 Å². The molecule has 1 fully saturated rings. The van der Waals surface area contributed by atoms with E-state index in [0.29, 0.717) is 12.6 Å². The van der Waals surface area contributed by atoms with Gasteiger partial charge in [-0.3, -0.25) is 9.69 Å². The molecule has 1 aliphatic heterocycles. The van der Waals surface area contributed by atoms with Crippen LogP contribution < -0.4 is 15.4 Å². The van der Waals surface area contributed by atoms with Gasteiger partial charge in [-0.2, -0.15) is 0 Å². The number of carbonyl (C=O) groups is 1. The van der Waals surface area contributed by atoms with Crippen LogP contribution in [0, 0.1) is 0 Å². The van der Waals surface area contributed by atoms with Crippen molar-refractivity contribution in [3.63, 3.8) is 0 Å². The Kier molecular flexibility index (Phi) is 5.59. The van der Waals surface area contributed by atoms with Crippen molar-refractivity contribution in [2.75, 3.05) is 33.3 Å². The number of hydrogen-bond donors (Lipinski definition) is 2. The van der Waals surface area contributed by atoms with E-state index >= 15 is 0 Å². The molecule has 21 heavy (non-hydrogen) atoms. The van der Waals surface area contributed by atoms with Crippen molar-refractivity contribution >= 4 is 5.91 Å². The maximum Gasteiger partial charge on any atom is 0.234 e. The number of nitrogens with zero attached hydrogens (tertiary/aromatic N) is 1. The average molecular weight is 291 g/mol. The fourth-order valence-corrected chi connectivity index (χ4v) is 2.69. The van der Waals surface area contributed by atoms with E-state index in [2.05, 4.69) is 22.5 Å². The Morgan fingerprint density at radius 1 is 1.52 bits per heavy atom. The zero-order valence-corrected chi connectivity index (χ0v) is 13.1. The lowest BCUT2D eigenvalue weighted by Crippen LogP contribution is -2.52. The minimum Gasteiger partial charge on any atom is -0.496 e. The summed E-state index contributed by atoms with van der Waals surface area (Å²) in [5.74, 6) is 0.864. The van der Waals surface area contributed by atoms with Gasteiger partial charge in [-0.1, -0.05) is 18.2 Å². The summed E-state index contributed by atoms with van der Waals surface area (Å²) in [6, 6.07) is 8.11. The maximum atomic E-state index is 12.2. The summed E-state index contributed by atoms with van der Waals surface area (Å²) >= 11 is 0. The molecule has 1 unspecified atom stereocenters. The summed E-state index contributed by atoms with van der Waals surface area (Å²) < 4.78 is 5.35. The highest BCUT2D eigenvalue weighted by atomic mass is 16.5.